The third-order valence-electron chi connectivity index (χ3n) is 3.90. The van der Waals surface area contributed by atoms with E-state index in [2.05, 4.69) is 0 Å². The van der Waals surface area contributed by atoms with Gasteiger partial charge in [0.05, 0.1) is 19.5 Å². The van der Waals surface area contributed by atoms with Crippen molar-refractivity contribution >= 4 is 22.0 Å². The summed E-state index contributed by atoms with van der Waals surface area (Å²) < 4.78 is 47.7. The molecule has 0 bridgehead atoms. The quantitative estimate of drug-likeness (QED) is 0.415. The largest absolute Gasteiger partial charge is 0.466 e. The van der Waals surface area contributed by atoms with Gasteiger partial charge in [-0.3, -0.25) is 4.79 Å². The van der Waals surface area contributed by atoms with Crippen molar-refractivity contribution in [2.45, 2.75) is 40.5 Å². The fourth-order valence-electron chi connectivity index (χ4n) is 3.15. The highest BCUT2D eigenvalue weighted by molar-refractivity contribution is 7.88. The van der Waals surface area contributed by atoms with Gasteiger partial charge in [-0.1, -0.05) is 6.92 Å². The van der Waals surface area contributed by atoms with E-state index in [1.54, 1.807) is 34.6 Å². The summed E-state index contributed by atoms with van der Waals surface area (Å²) in [7, 11) is -4.09. The Kier molecular flexibility index (Phi) is 8.24. The topological polar surface area (TPSA) is 108 Å². The van der Waals surface area contributed by atoms with Crippen LogP contribution in [0.1, 0.15) is 34.6 Å². The number of sulfonamides is 1. The van der Waals surface area contributed by atoms with E-state index in [1.165, 1.54) is 6.08 Å². The van der Waals surface area contributed by atoms with Crippen LogP contribution in [0.4, 0.5) is 0 Å². The molecule has 2 atom stereocenters. The molecule has 0 aromatic carbocycles. The summed E-state index contributed by atoms with van der Waals surface area (Å²) in [5.41, 5.74) is -0.255. The molecule has 0 amide bonds. The van der Waals surface area contributed by atoms with Gasteiger partial charge in [0.2, 0.25) is 10.0 Å². The summed E-state index contributed by atoms with van der Waals surface area (Å²) in [6.45, 7) is 8.40. The molecule has 0 saturated heterocycles. The average Bonchev–Trinajstić information content (AvgIpc) is 2.53. The van der Waals surface area contributed by atoms with Gasteiger partial charge in [0, 0.05) is 13.2 Å². The first kappa shape index (κ1) is 23.4. The van der Waals surface area contributed by atoms with E-state index in [1.807, 2.05) is 0 Å². The number of esters is 2. The third kappa shape index (κ3) is 4.80. The second-order valence-corrected chi connectivity index (χ2v) is 7.72. The summed E-state index contributed by atoms with van der Waals surface area (Å²) in [5, 5.41) is 0. The predicted molar refractivity (Wildman–Crippen MR) is 96.7 cm³/mol. The Morgan fingerprint density at radius 2 is 1.56 bits per heavy atom. The van der Waals surface area contributed by atoms with Crippen molar-refractivity contribution in [1.29, 1.82) is 0 Å². The SMILES string of the molecule is CCOC(=O)C1=CC(C)C(C(=O)OCC)C(OCC)(OCC)N1S(C)(=O)=O. The lowest BCUT2D eigenvalue weighted by atomic mass is 9.85. The Bertz CT molecular complexity index is 666. The standard InChI is InChI=1S/C17H29NO8S/c1-7-23-15(19)13-11-12(5)14(16(20)24-8-2)17(25-9-3,26-10-4)18(13)27(6,21)22/h11-12,14H,7-10H2,1-6H3. The number of carbonyl (C=O) groups is 2. The number of rotatable bonds is 9. The Morgan fingerprint density at radius 1 is 1.04 bits per heavy atom. The van der Waals surface area contributed by atoms with Crippen molar-refractivity contribution in [3.8, 4) is 0 Å². The molecular weight excluding hydrogens is 378 g/mol. The Morgan fingerprint density at radius 3 is 1.96 bits per heavy atom. The zero-order chi connectivity index (χ0) is 20.8. The Hall–Kier alpha value is -1.65. The van der Waals surface area contributed by atoms with E-state index < -0.39 is 39.7 Å². The lowest BCUT2D eigenvalue weighted by Crippen LogP contribution is -2.65. The van der Waals surface area contributed by atoms with Crippen molar-refractivity contribution in [3.63, 3.8) is 0 Å². The average molecular weight is 407 g/mol. The predicted octanol–water partition coefficient (Wildman–Crippen LogP) is 1.25. The number of allylic oxidation sites excluding steroid dienone is 1. The highest BCUT2D eigenvalue weighted by Gasteiger charge is 2.60. The molecule has 0 aliphatic carbocycles. The molecular formula is C17H29NO8S. The van der Waals surface area contributed by atoms with E-state index in [-0.39, 0.29) is 32.1 Å². The number of carbonyl (C=O) groups excluding carboxylic acids is 2. The lowest BCUT2D eigenvalue weighted by Gasteiger charge is -2.49. The molecule has 0 aromatic heterocycles. The fourth-order valence-corrected chi connectivity index (χ4v) is 4.33. The first-order valence-corrected chi connectivity index (χ1v) is 10.8. The van der Waals surface area contributed by atoms with Crippen LogP contribution in [0.3, 0.4) is 0 Å². The first-order valence-electron chi connectivity index (χ1n) is 8.94. The third-order valence-corrected chi connectivity index (χ3v) is 5.01. The fraction of sp³-hybridized carbons (Fsp3) is 0.765. The molecule has 0 aromatic rings. The Labute approximate surface area is 160 Å². The maximum Gasteiger partial charge on any atom is 0.355 e. The molecule has 1 aliphatic heterocycles. The molecule has 2 unspecified atom stereocenters. The molecule has 0 fully saturated rings. The van der Waals surface area contributed by atoms with Crippen LogP contribution in [0, 0.1) is 11.8 Å². The minimum absolute atomic E-state index is 0.0325. The minimum atomic E-state index is -4.09. The molecule has 1 aliphatic rings. The highest BCUT2D eigenvalue weighted by atomic mass is 32.2. The summed E-state index contributed by atoms with van der Waals surface area (Å²) in [5.74, 6) is -5.33. The summed E-state index contributed by atoms with van der Waals surface area (Å²) in [6.07, 6.45) is 2.28. The molecule has 1 heterocycles. The maximum absolute atomic E-state index is 12.7. The van der Waals surface area contributed by atoms with Gasteiger partial charge in [-0.05, 0) is 39.7 Å². The molecule has 1 rings (SSSR count). The molecule has 0 saturated carbocycles. The minimum Gasteiger partial charge on any atom is -0.466 e. The summed E-state index contributed by atoms with van der Waals surface area (Å²) in [6, 6.07) is 0. The van der Waals surface area contributed by atoms with Crippen LogP contribution in [0.15, 0.2) is 11.8 Å². The van der Waals surface area contributed by atoms with Crippen molar-refractivity contribution in [3.05, 3.63) is 11.8 Å². The van der Waals surface area contributed by atoms with Crippen LogP contribution in [0.2, 0.25) is 0 Å². The lowest BCUT2D eigenvalue weighted by molar-refractivity contribution is -0.318. The second kappa shape index (κ2) is 9.52. The van der Waals surface area contributed by atoms with Crippen molar-refractivity contribution in [1.82, 2.24) is 4.31 Å². The van der Waals surface area contributed by atoms with Gasteiger partial charge in [0.15, 0.2) is 0 Å². The van der Waals surface area contributed by atoms with Gasteiger partial charge < -0.3 is 18.9 Å². The second-order valence-electron chi connectivity index (χ2n) is 5.89. The Balaban J connectivity index is 3.77. The van der Waals surface area contributed by atoms with Gasteiger partial charge in [0.25, 0.3) is 5.91 Å². The number of ether oxygens (including phenoxy) is 4. The molecule has 0 N–H and O–H groups in total. The van der Waals surface area contributed by atoms with Gasteiger partial charge >= 0.3 is 11.9 Å². The van der Waals surface area contributed by atoms with Crippen LogP contribution in [0.5, 0.6) is 0 Å². The first-order chi connectivity index (χ1) is 12.6. The van der Waals surface area contributed by atoms with Crippen LogP contribution in [-0.4, -0.2) is 63.3 Å². The van der Waals surface area contributed by atoms with Gasteiger partial charge in [-0.15, -0.1) is 0 Å². The zero-order valence-corrected chi connectivity index (χ0v) is 17.5. The van der Waals surface area contributed by atoms with E-state index in [0.717, 1.165) is 6.26 Å². The van der Waals surface area contributed by atoms with Crippen LogP contribution in [0.25, 0.3) is 0 Å². The molecule has 27 heavy (non-hydrogen) atoms. The zero-order valence-electron chi connectivity index (χ0n) is 16.7. The monoisotopic (exact) mass is 407 g/mol. The number of nitrogens with zero attached hydrogens (tertiary/aromatic N) is 1. The highest BCUT2D eigenvalue weighted by Crippen LogP contribution is 2.43. The van der Waals surface area contributed by atoms with Crippen LogP contribution < -0.4 is 0 Å². The number of hydrogen-bond donors (Lipinski definition) is 0. The van der Waals surface area contributed by atoms with Gasteiger partial charge in [-0.25, -0.2) is 17.5 Å². The van der Waals surface area contributed by atoms with Crippen LogP contribution >= 0.6 is 0 Å². The van der Waals surface area contributed by atoms with E-state index in [0.29, 0.717) is 4.31 Å². The van der Waals surface area contributed by atoms with E-state index in [9.17, 15) is 18.0 Å². The maximum atomic E-state index is 12.7. The summed E-state index contributed by atoms with van der Waals surface area (Å²) in [4.78, 5) is 25.2. The summed E-state index contributed by atoms with van der Waals surface area (Å²) >= 11 is 0. The van der Waals surface area contributed by atoms with E-state index in [4.69, 9.17) is 18.9 Å². The smallest absolute Gasteiger partial charge is 0.355 e. The van der Waals surface area contributed by atoms with Crippen molar-refractivity contribution in [2.24, 2.45) is 11.8 Å². The normalized spacial score (nSPS) is 22.1. The van der Waals surface area contributed by atoms with Crippen molar-refractivity contribution in [2.75, 3.05) is 32.7 Å². The van der Waals surface area contributed by atoms with Gasteiger partial charge in [0.1, 0.15) is 11.6 Å². The molecule has 9 nitrogen and oxygen atoms in total. The van der Waals surface area contributed by atoms with Crippen molar-refractivity contribution < 1.29 is 37.0 Å². The van der Waals surface area contributed by atoms with Gasteiger partial charge in [-0.2, -0.15) is 0 Å². The molecule has 10 heteroatoms. The van der Waals surface area contributed by atoms with Crippen LogP contribution in [-0.2, 0) is 38.6 Å². The molecule has 0 radical (unpaired) electrons. The molecule has 0 spiro atoms. The van der Waals surface area contributed by atoms with E-state index >= 15 is 0 Å². The number of hydrogen-bond acceptors (Lipinski definition) is 8. The molecule has 156 valence electrons.